The molecule has 4 aliphatic carbocycles. The minimum Gasteiger partial charge on any atom is -0.388 e. The lowest BCUT2D eigenvalue weighted by Gasteiger charge is -2.65. The van der Waals surface area contributed by atoms with Gasteiger partial charge in [0.15, 0.2) is 0 Å². The molecular formula is C44H75N7O3. The molecule has 10 heteroatoms. The van der Waals surface area contributed by atoms with Gasteiger partial charge in [-0.1, -0.05) is 51.1 Å². The van der Waals surface area contributed by atoms with Crippen LogP contribution in [0.15, 0.2) is 30.3 Å². The number of fused-ring (bicyclic) bond motifs is 5. The van der Waals surface area contributed by atoms with Crippen molar-refractivity contribution in [2.75, 3.05) is 33.4 Å². The van der Waals surface area contributed by atoms with Crippen LogP contribution in [-0.2, 0) is 20.8 Å². The molecular weight excluding hydrogens is 675 g/mol. The number of hydrogen-bond donors (Lipinski definition) is 6. The SMILES string of the molecule is CC(CCCN(C)Cc1ccccc1)[C@H]1CC[C@H]2C3[C@H](OCCCC(=N)N)CC4C[C@H](OCCCC(=N)N)CC[C@]4(C)[C@H]3C[C@H](OCCCC(=N)N)[C@]12C. The molecule has 10 nitrogen and oxygen atoms in total. The maximum absolute atomic E-state index is 7.83. The number of hydrogen-bond acceptors (Lipinski definition) is 7. The van der Waals surface area contributed by atoms with Crippen molar-refractivity contribution in [3.05, 3.63) is 35.9 Å². The summed E-state index contributed by atoms with van der Waals surface area (Å²) < 4.78 is 20.5. The molecule has 4 aliphatic rings. The normalized spacial score (nSPS) is 33.8. The number of nitrogens with zero attached hydrogens (tertiary/aromatic N) is 1. The van der Waals surface area contributed by atoms with Crippen molar-refractivity contribution < 1.29 is 14.2 Å². The van der Waals surface area contributed by atoms with E-state index in [0.717, 1.165) is 64.5 Å². The first-order chi connectivity index (χ1) is 25.8. The Kier molecular flexibility index (Phi) is 15.4. The summed E-state index contributed by atoms with van der Waals surface area (Å²) in [6.07, 6.45) is 15.0. The van der Waals surface area contributed by atoms with Crippen LogP contribution < -0.4 is 17.2 Å². The number of amidine groups is 3. The molecule has 0 spiro atoms. The Bertz CT molecular complexity index is 1360. The minimum atomic E-state index is 0.0496. The van der Waals surface area contributed by atoms with Crippen LogP contribution >= 0.6 is 0 Å². The van der Waals surface area contributed by atoms with Gasteiger partial charge in [-0.25, -0.2) is 0 Å². The predicted octanol–water partition coefficient (Wildman–Crippen LogP) is 7.72. The zero-order valence-electron chi connectivity index (χ0n) is 34.1. The summed E-state index contributed by atoms with van der Waals surface area (Å²) in [6.45, 7) is 11.7. The molecule has 0 heterocycles. The predicted molar refractivity (Wildman–Crippen MR) is 220 cm³/mol. The van der Waals surface area contributed by atoms with Gasteiger partial charge in [0.05, 0.1) is 35.8 Å². The van der Waals surface area contributed by atoms with E-state index in [1.807, 2.05) is 0 Å². The van der Waals surface area contributed by atoms with Crippen LogP contribution in [0.5, 0.6) is 0 Å². The zero-order valence-corrected chi connectivity index (χ0v) is 34.1. The molecule has 0 aromatic heterocycles. The first kappa shape index (κ1) is 42.6. The molecule has 0 aliphatic heterocycles. The van der Waals surface area contributed by atoms with Gasteiger partial charge in [-0.3, -0.25) is 16.2 Å². The summed E-state index contributed by atoms with van der Waals surface area (Å²) >= 11 is 0. The summed E-state index contributed by atoms with van der Waals surface area (Å²) in [4.78, 5) is 2.46. The summed E-state index contributed by atoms with van der Waals surface area (Å²) in [5.74, 6) is 3.91. The number of nitrogens with two attached hydrogens (primary N) is 3. The van der Waals surface area contributed by atoms with Gasteiger partial charge < -0.3 is 36.3 Å². The van der Waals surface area contributed by atoms with Crippen molar-refractivity contribution in [3.8, 4) is 0 Å². The third-order valence-corrected chi connectivity index (χ3v) is 14.7. The van der Waals surface area contributed by atoms with Gasteiger partial charge in [0.1, 0.15) is 0 Å². The third kappa shape index (κ3) is 10.4. The monoisotopic (exact) mass is 750 g/mol. The Morgan fingerprint density at radius 1 is 0.796 bits per heavy atom. The van der Waals surface area contributed by atoms with E-state index < -0.39 is 0 Å². The van der Waals surface area contributed by atoms with Crippen molar-refractivity contribution in [1.82, 2.24) is 4.90 Å². The highest BCUT2D eigenvalue weighted by Gasteiger charge is 2.66. The molecule has 4 fully saturated rings. The average molecular weight is 750 g/mol. The Morgan fingerprint density at radius 3 is 2.07 bits per heavy atom. The molecule has 1 aromatic rings. The second-order valence-corrected chi connectivity index (χ2v) is 18.3. The highest BCUT2D eigenvalue weighted by atomic mass is 16.5. The molecule has 0 saturated heterocycles. The van der Waals surface area contributed by atoms with Crippen molar-refractivity contribution >= 4 is 17.5 Å². The molecule has 1 aromatic carbocycles. The van der Waals surface area contributed by atoms with Gasteiger partial charge in [0, 0.05) is 51.0 Å². The maximum Gasteiger partial charge on any atom is 0.0906 e. The number of ether oxygens (including phenoxy) is 3. The van der Waals surface area contributed by atoms with Gasteiger partial charge in [0.2, 0.25) is 0 Å². The highest BCUT2D eigenvalue weighted by molar-refractivity contribution is 5.77. The number of benzene rings is 1. The second kappa shape index (κ2) is 19.6. The van der Waals surface area contributed by atoms with Crippen molar-refractivity contribution in [3.63, 3.8) is 0 Å². The van der Waals surface area contributed by atoms with E-state index in [4.69, 9.17) is 47.6 Å². The summed E-state index contributed by atoms with van der Waals surface area (Å²) in [6, 6.07) is 10.8. The number of rotatable bonds is 22. The third-order valence-electron chi connectivity index (χ3n) is 14.7. The Labute approximate surface area is 326 Å². The van der Waals surface area contributed by atoms with Crippen molar-refractivity contribution in [2.24, 2.45) is 63.5 Å². The molecule has 3 unspecified atom stereocenters. The van der Waals surface area contributed by atoms with Gasteiger partial charge in [0.25, 0.3) is 0 Å². The van der Waals surface area contributed by atoms with E-state index in [0.29, 0.717) is 74.6 Å². The van der Waals surface area contributed by atoms with Crippen LogP contribution in [0.25, 0.3) is 0 Å². The summed E-state index contributed by atoms with van der Waals surface area (Å²) in [7, 11) is 2.25. The fraction of sp³-hybridized carbons (Fsp3) is 0.795. The molecule has 304 valence electrons. The highest BCUT2D eigenvalue weighted by Crippen LogP contribution is 2.69. The molecule has 9 N–H and O–H groups in total. The fourth-order valence-corrected chi connectivity index (χ4v) is 12.0. The average Bonchev–Trinajstić information content (AvgIpc) is 3.48. The molecule has 54 heavy (non-hydrogen) atoms. The van der Waals surface area contributed by atoms with E-state index in [1.54, 1.807) is 0 Å². The van der Waals surface area contributed by atoms with E-state index in [-0.39, 0.29) is 46.6 Å². The lowest BCUT2D eigenvalue weighted by molar-refractivity contribution is -0.227. The molecule has 0 bridgehead atoms. The van der Waals surface area contributed by atoms with Crippen LogP contribution in [0.3, 0.4) is 0 Å². The van der Waals surface area contributed by atoms with Gasteiger partial charge in [-0.15, -0.1) is 0 Å². The summed E-state index contributed by atoms with van der Waals surface area (Å²) in [5.41, 5.74) is 18.8. The molecule has 5 rings (SSSR count). The quantitative estimate of drug-likeness (QED) is 0.0399. The largest absolute Gasteiger partial charge is 0.388 e. The van der Waals surface area contributed by atoms with Crippen LogP contribution in [-0.4, -0.2) is 74.1 Å². The van der Waals surface area contributed by atoms with E-state index >= 15 is 0 Å². The minimum absolute atomic E-state index is 0.0496. The van der Waals surface area contributed by atoms with E-state index in [9.17, 15) is 0 Å². The van der Waals surface area contributed by atoms with E-state index in [2.05, 4.69) is 63.1 Å². The fourth-order valence-electron chi connectivity index (χ4n) is 12.0. The Balaban J connectivity index is 1.35. The smallest absolute Gasteiger partial charge is 0.0906 e. The standard InChI is InChI=1S/C44H75N7O3/c1-30(12-8-22-51(4)29-31-13-6-5-7-14-31)34-18-19-35-42-36(28-38(44(34,35)3)54-25-11-17-41(49)50)43(2)21-20-33(52-23-9-15-39(45)46)26-32(43)27-37(42)53-24-10-16-40(47)48/h5-7,13-14,30,32-38,42H,8-12,15-29H2,1-4H3,(H3,45,46)(H3,47,48)(H3,49,50)/t30?,32?,33-,34-,35+,36+,37-,38+,42?,43+,44-/m1/s1. The molecule has 0 radical (unpaired) electrons. The van der Waals surface area contributed by atoms with Crippen LogP contribution in [0, 0.1) is 62.6 Å². The Morgan fingerprint density at radius 2 is 1.43 bits per heavy atom. The molecule has 0 amide bonds. The van der Waals surface area contributed by atoms with Crippen molar-refractivity contribution in [2.45, 2.75) is 142 Å². The molecule has 11 atom stereocenters. The summed E-state index contributed by atoms with van der Waals surface area (Å²) in [5, 5.41) is 23.2. The van der Waals surface area contributed by atoms with E-state index in [1.165, 1.54) is 31.2 Å². The van der Waals surface area contributed by atoms with Gasteiger partial charge in [-0.2, -0.15) is 0 Å². The van der Waals surface area contributed by atoms with Crippen molar-refractivity contribution in [1.29, 1.82) is 16.2 Å². The van der Waals surface area contributed by atoms with Crippen LogP contribution in [0.4, 0.5) is 0 Å². The van der Waals surface area contributed by atoms with Crippen LogP contribution in [0.1, 0.15) is 123 Å². The first-order valence-electron chi connectivity index (χ1n) is 21.4. The lowest BCUT2D eigenvalue weighted by atomic mass is 9.43. The first-order valence-corrected chi connectivity index (χ1v) is 21.4. The molecule has 4 saturated carbocycles. The number of nitrogens with one attached hydrogen (secondary N) is 3. The lowest BCUT2D eigenvalue weighted by Crippen LogP contribution is -2.63. The van der Waals surface area contributed by atoms with Gasteiger partial charge in [-0.05, 0) is 137 Å². The van der Waals surface area contributed by atoms with Crippen LogP contribution in [0.2, 0.25) is 0 Å². The topological polar surface area (TPSA) is 181 Å². The Hall–Kier alpha value is -2.53. The zero-order chi connectivity index (χ0) is 38.9. The maximum atomic E-state index is 7.83. The van der Waals surface area contributed by atoms with Gasteiger partial charge >= 0.3 is 0 Å². The second-order valence-electron chi connectivity index (χ2n) is 18.3.